The lowest BCUT2D eigenvalue weighted by molar-refractivity contribution is -0.142. The normalized spacial score (nSPS) is 21.2. The molecule has 1 amide bonds. The first-order chi connectivity index (χ1) is 10.0. The van der Waals surface area contributed by atoms with E-state index in [2.05, 4.69) is 22.6 Å². The van der Waals surface area contributed by atoms with Crippen LogP contribution in [0.4, 0.5) is 0 Å². The molecule has 1 saturated heterocycles. The van der Waals surface area contributed by atoms with Crippen molar-refractivity contribution in [2.45, 2.75) is 19.4 Å². The molecule has 1 aromatic rings. The second-order valence-corrected chi connectivity index (χ2v) is 6.30. The van der Waals surface area contributed by atoms with Gasteiger partial charge in [0.05, 0.1) is 19.3 Å². The van der Waals surface area contributed by atoms with Gasteiger partial charge in [0, 0.05) is 15.7 Å². The van der Waals surface area contributed by atoms with Gasteiger partial charge in [0.2, 0.25) is 0 Å². The van der Waals surface area contributed by atoms with Crippen molar-refractivity contribution in [2.75, 3.05) is 19.8 Å². The van der Waals surface area contributed by atoms with Crippen LogP contribution in [0.1, 0.15) is 23.7 Å². The molecule has 1 fully saturated rings. The highest BCUT2D eigenvalue weighted by Gasteiger charge is 2.39. The number of carbonyl (C=O) groups excluding carboxylic acids is 1. The maximum Gasteiger partial charge on any atom is 0.311 e. The van der Waals surface area contributed by atoms with Gasteiger partial charge in [0.25, 0.3) is 5.91 Å². The number of rotatable bonds is 5. The molecule has 6 heteroatoms. The van der Waals surface area contributed by atoms with E-state index in [9.17, 15) is 14.7 Å². The number of halogens is 1. The van der Waals surface area contributed by atoms with E-state index in [1.54, 1.807) is 17.0 Å². The van der Waals surface area contributed by atoms with Crippen molar-refractivity contribution in [1.29, 1.82) is 0 Å². The third-order valence-corrected chi connectivity index (χ3v) is 4.30. The first kappa shape index (κ1) is 16.2. The highest BCUT2D eigenvalue weighted by atomic mass is 127. The molecule has 0 bridgehead atoms. The molecule has 0 radical (unpaired) electrons. The molecule has 5 nitrogen and oxygen atoms in total. The van der Waals surface area contributed by atoms with Crippen molar-refractivity contribution >= 4 is 34.5 Å². The molecule has 21 heavy (non-hydrogen) atoms. The van der Waals surface area contributed by atoms with Gasteiger partial charge in [-0.15, -0.1) is 0 Å². The van der Waals surface area contributed by atoms with E-state index in [0.717, 1.165) is 9.99 Å². The SMILES string of the molecule is CCCN(C(=O)c1ccc(I)cc1)C1COCC1C(=O)O. The maximum atomic E-state index is 12.7. The smallest absolute Gasteiger partial charge is 0.311 e. The Morgan fingerprint density at radius 1 is 1.33 bits per heavy atom. The van der Waals surface area contributed by atoms with Gasteiger partial charge in [-0.25, -0.2) is 0 Å². The van der Waals surface area contributed by atoms with Crippen molar-refractivity contribution in [1.82, 2.24) is 4.90 Å². The molecular formula is C15H18INO4. The van der Waals surface area contributed by atoms with Crippen molar-refractivity contribution < 1.29 is 19.4 Å². The number of carboxylic acid groups (broad SMARTS) is 1. The second-order valence-electron chi connectivity index (χ2n) is 5.05. The van der Waals surface area contributed by atoms with Crippen LogP contribution in [0.5, 0.6) is 0 Å². The summed E-state index contributed by atoms with van der Waals surface area (Å²) in [6, 6.07) is 6.90. The van der Waals surface area contributed by atoms with Crippen molar-refractivity contribution in [3.8, 4) is 0 Å². The molecule has 2 atom stereocenters. The minimum atomic E-state index is -0.908. The molecule has 1 aromatic carbocycles. The van der Waals surface area contributed by atoms with E-state index in [-0.39, 0.29) is 19.1 Å². The number of carboxylic acids is 1. The zero-order valence-corrected chi connectivity index (χ0v) is 13.9. The summed E-state index contributed by atoms with van der Waals surface area (Å²) in [5.41, 5.74) is 0.583. The number of carbonyl (C=O) groups is 2. The van der Waals surface area contributed by atoms with Gasteiger partial charge in [-0.1, -0.05) is 6.92 Å². The monoisotopic (exact) mass is 403 g/mol. The Hall–Kier alpha value is -1.15. The molecule has 0 aromatic heterocycles. The maximum absolute atomic E-state index is 12.7. The van der Waals surface area contributed by atoms with E-state index in [1.165, 1.54) is 0 Å². The lowest BCUT2D eigenvalue weighted by Gasteiger charge is -2.30. The predicted octanol–water partition coefficient (Wildman–Crippen LogP) is 2.24. The summed E-state index contributed by atoms with van der Waals surface area (Å²) in [5.74, 6) is -1.69. The Morgan fingerprint density at radius 3 is 2.57 bits per heavy atom. The minimum Gasteiger partial charge on any atom is -0.481 e. The molecule has 1 aliphatic heterocycles. The van der Waals surface area contributed by atoms with Crippen LogP contribution in [0.25, 0.3) is 0 Å². The fraction of sp³-hybridized carbons (Fsp3) is 0.467. The lowest BCUT2D eigenvalue weighted by atomic mass is 10.0. The van der Waals surface area contributed by atoms with Gasteiger partial charge < -0.3 is 14.7 Å². The number of hydrogen-bond acceptors (Lipinski definition) is 3. The molecule has 1 N–H and O–H groups in total. The van der Waals surface area contributed by atoms with Gasteiger partial charge >= 0.3 is 5.97 Å². The van der Waals surface area contributed by atoms with Crippen LogP contribution in [0.2, 0.25) is 0 Å². The van der Waals surface area contributed by atoms with Gasteiger partial charge in [-0.05, 0) is 53.3 Å². The average Bonchev–Trinajstić information content (AvgIpc) is 2.94. The van der Waals surface area contributed by atoms with Gasteiger partial charge in [-0.2, -0.15) is 0 Å². The van der Waals surface area contributed by atoms with Crippen LogP contribution in [0, 0.1) is 9.49 Å². The van der Waals surface area contributed by atoms with E-state index in [1.807, 2.05) is 19.1 Å². The van der Waals surface area contributed by atoms with Crippen LogP contribution in [0.3, 0.4) is 0 Å². The lowest BCUT2D eigenvalue weighted by Crippen LogP contribution is -2.47. The van der Waals surface area contributed by atoms with Crippen LogP contribution in [0.15, 0.2) is 24.3 Å². The Kier molecular flexibility index (Phi) is 5.58. The number of hydrogen-bond donors (Lipinski definition) is 1. The summed E-state index contributed by atoms with van der Waals surface area (Å²) in [7, 11) is 0. The van der Waals surface area contributed by atoms with E-state index < -0.39 is 17.9 Å². The van der Waals surface area contributed by atoms with Crippen molar-refractivity contribution in [3.05, 3.63) is 33.4 Å². The summed E-state index contributed by atoms with van der Waals surface area (Å²) in [5, 5.41) is 9.27. The van der Waals surface area contributed by atoms with Crippen molar-refractivity contribution in [3.63, 3.8) is 0 Å². The third-order valence-electron chi connectivity index (χ3n) is 3.58. The molecule has 114 valence electrons. The first-order valence-electron chi connectivity index (χ1n) is 6.91. The van der Waals surface area contributed by atoms with Gasteiger partial charge in [0.15, 0.2) is 0 Å². The fourth-order valence-corrected chi connectivity index (χ4v) is 2.86. The summed E-state index contributed by atoms with van der Waals surface area (Å²) in [6.07, 6.45) is 0.777. The average molecular weight is 403 g/mol. The highest BCUT2D eigenvalue weighted by molar-refractivity contribution is 14.1. The van der Waals surface area contributed by atoms with Crippen LogP contribution >= 0.6 is 22.6 Å². The summed E-state index contributed by atoms with van der Waals surface area (Å²) < 4.78 is 6.34. The Labute approximate surface area is 137 Å². The number of aliphatic carboxylic acids is 1. The Morgan fingerprint density at radius 2 is 2.00 bits per heavy atom. The molecule has 0 saturated carbocycles. The Bertz CT molecular complexity index is 517. The molecule has 2 rings (SSSR count). The van der Waals surface area contributed by atoms with Gasteiger partial charge in [0.1, 0.15) is 5.92 Å². The number of nitrogens with zero attached hydrogens (tertiary/aromatic N) is 1. The quantitative estimate of drug-likeness (QED) is 0.766. The summed E-state index contributed by atoms with van der Waals surface area (Å²) in [4.78, 5) is 25.6. The zero-order valence-electron chi connectivity index (χ0n) is 11.8. The number of benzene rings is 1. The number of ether oxygens (including phenoxy) is 1. The van der Waals surface area contributed by atoms with E-state index >= 15 is 0 Å². The van der Waals surface area contributed by atoms with E-state index in [0.29, 0.717) is 12.1 Å². The molecular weight excluding hydrogens is 385 g/mol. The minimum absolute atomic E-state index is 0.130. The van der Waals surface area contributed by atoms with Crippen LogP contribution in [-0.2, 0) is 9.53 Å². The molecule has 2 unspecified atom stereocenters. The summed E-state index contributed by atoms with van der Waals surface area (Å²) >= 11 is 2.18. The molecule has 1 aliphatic rings. The van der Waals surface area contributed by atoms with Crippen LogP contribution in [-0.4, -0.2) is 47.7 Å². The highest BCUT2D eigenvalue weighted by Crippen LogP contribution is 2.22. The van der Waals surface area contributed by atoms with Gasteiger partial charge in [-0.3, -0.25) is 9.59 Å². The van der Waals surface area contributed by atoms with Crippen LogP contribution < -0.4 is 0 Å². The first-order valence-corrected chi connectivity index (χ1v) is 7.99. The molecule has 0 aliphatic carbocycles. The topological polar surface area (TPSA) is 66.8 Å². The third kappa shape index (κ3) is 3.74. The molecule has 0 spiro atoms. The fourth-order valence-electron chi connectivity index (χ4n) is 2.50. The Balaban J connectivity index is 2.23. The van der Waals surface area contributed by atoms with Crippen molar-refractivity contribution in [2.24, 2.45) is 5.92 Å². The zero-order chi connectivity index (χ0) is 15.4. The standard InChI is InChI=1S/C15H18INO4/c1-2-7-17(13-9-21-8-12(13)15(19)20)14(18)10-3-5-11(16)6-4-10/h3-6,12-13H,2,7-9H2,1H3,(H,19,20). The number of amides is 1. The predicted molar refractivity (Wildman–Crippen MR) is 86.2 cm³/mol. The summed E-state index contributed by atoms with van der Waals surface area (Å²) in [6.45, 7) is 2.95. The second kappa shape index (κ2) is 7.22. The largest absolute Gasteiger partial charge is 0.481 e. The van der Waals surface area contributed by atoms with E-state index in [4.69, 9.17) is 4.74 Å². The molecule has 1 heterocycles.